The molecule has 5 atom stereocenters. The number of imide groups is 1. The second-order valence-corrected chi connectivity index (χ2v) is 8.03. The zero-order valence-electron chi connectivity index (χ0n) is 15.6. The third-order valence-electron chi connectivity index (χ3n) is 6.34. The van der Waals surface area contributed by atoms with Gasteiger partial charge < -0.3 is 5.32 Å². The number of hydrogen-bond acceptors (Lipinski definition) is 4. The molecule has 3 aliphatic heterocycles. The minimum atomic E-state index is -1.16. The number of nitrogens with one attached hydrogen (secondary N) is 2. The molecule has 4 rings (SSSR count). The van der Waals surface area contributed by atoms with Crippen LogP contribution in [0.1, 0.15) is 39.7 Å². The lowest BCUT2D eigenvalue weighted by molar-refractivity contribution is -0.145. The number of hydrogen-bond donors (Lipinski definition) is 2. The number of anilines is 1. The van der Waals surface area contributed by atoms with Gasteiger partial charge in [0.2, 0.25) is 17.7 Å². The number of likely N-dealkylation sites (tertiary alicyclic amines) is 1. The summed E-state index contributed by atoms with van der Waals surface area (Å²) in [5.74, 6) is -1.68. The van der Waals surface area contributed by atoms with Gasteiger partial charge in [-0.1, -0.05) is 39.0 Å². The van der Waals surface area contributed by atoms with E-state index in [0.717, 1.165) is 11.3 Å². The molecule has 2 saturated heterocycles. The van der Waals surface area contributed by atoms with Crippen molar-refractivity contribution >= 4 is 23.4 Å². The van der Waals surface area contributed by atoms with Gasteiger partial charge in [0.1, 0.15) is 5.54 Å². The second-order valence-electron chi connectivity index (χ2n) is 8.03. The number of nitrogens with zero attached hydrogens (tertiary/aromatic N) is 1. The van der Waals surface area contributed by atoms with Gasteiger partial charge >= 0.3 is 0 Å². The molecule has 0 radical (unpaired) electrons. The van der Waals surface area contributed by atoms with Gasteiger partial charge in [0.25, 0.3) is 0 Å². The van der Waals surface area contributed by atoms with Crippen molar-refractivity contribution in [2.75, 3.05) is 5.32 Å². The molecule has 2 N–H and O–H groups in total. The largest absolute Gasteiger partial charge is 0.324 e. The standard InChI is InChI=1S/C20H25N3O3/c1-5-11(4)23-17(24)14-15(18(23)25)20(22-16(14)10(2)3)12-8-6-7-9-13(12)21-19(20)26/h6-11,14-16,22H,5H2,1-4H3,(H,21,26). The fraction of sp³-hybridized carbons (Fsp3) is 0.550. The van der Waals surface area contributed by atoms with E-state index < -0.39 is 17.4 Å². The molecule has 0 aliphatic carbocycles. The smallest absolute Gasteiger partial charge is 0.250 e. The molecule has 138 valence electrons. The van der Waals surface area contributed by atoms with Gasteiger partial charge in [-0.3, -0.25) is 24.6 Å². The van der Waals surface area contributed by atoms with Crippen LogP contribution in [0.15, 0.2) is 24.3 Å². The maximum atomic E-state index is 13.4. The molecule has 6 nitrogen and oxygen atoms in total. The number of benzene rings is 1. The van der Waals surface area contributed by atoms with E-state index in [9.17, 15) is 14.4 Å². The maximum Gasteiger partial charge on any atom is 0.250 e. The van der Waals surface area contributed by atoms with Gasteiger partial charge in [0, 0.05) is 23.3 Å². The van der Waals surface area contributed by atoms with E-state index in [1.54, 1.807) is 0 Å². The number of amides is 3. The van der Waals surface area contributed by atoms with Crippen molar-refractivity contribution in [3.05, 3.63) is 29.8 Å². The molecule has 26 heavy (non-hydrogen) atoms. The van der Waals surface area contributed by atoms with E-state index in [0.29, 0.717) is 6.42 Å². The molecule has 2 fully saturated rings. The summed E-state index contributed by atoms with van der Waals surface area (Å²) in [6.07, 6.45) is 0.701. The van der Waals surface area contributed by atoms with Gasteiger partial charge in [-0.25, -0.2) is 0 Å². The summed E-state index contributed by atoms with van der Waals surface area (Å²) in [4.78, 5) is 41.1. The highest BCUT2D eigenvalue weighted by Gasteiger charge is 2.70. The Balaban J connectivity index is 1.90. The van der Waals surface area contributed by atoms with Crippen molar-refractivity contribution in [1.82, 2.24) is 10.2 Å². The summed E-state index contributed by atoms with van der Waals surface area (Å²) in [6, 6.07) is 7.07. The molecule has 0 aromatic heterocycles. The van der Waals surface area contributed by atoms with E-state index >= 15 is 0 Å². The highest BCUT2D eigenvalue weighted by molar-refractivity contribution is 6.15. The summed E-state index contributed by atoms with van der Waals surface area (Å²) >= 11 is 0. The average Bonchev–Trinajstić information content (AvgIpc) is 3.20. The van der Waals surface area contributed by atoms with Crippen LogP contribution in [0.2, 0.25) is 0 Å². The van der Waals surface area contributed by atoms with Crippen LogP contribution in [0.5, 0.6) is 0 Å². The number of rotatable bonds is 3. The highest BCUT2D eigenvalue weighted by atomic mass is 16.2. The van der Waals surface area contributed by atoms with Crippen molar-refractivity contribution in [2.24, 2.45) is 17.8 Å². The zero-order valence-corrected chi connectivity index (χ0v) is 15.6. The minimum absolute atomic E-state index is 0.121. The maximum absolute atomic E-state index is 13.4. The van der Waals surface area contributed by atoms with Gasteiger partial charge in [0.05, 0.1) is 11.8 Å². The van der Waals surface area contributed by atoms with Crippen molar-refractivity contribution in [3.63, 3.8) is 0 Å². The highest BCUT2D eigenvalue weighted by Crippen LogP contribution is 2.54. The SMILES string of the molecule is CCC(C)N1C(=O)C2C(C(C)C)NC3(C(=O)Nc4ccccc43)C2C1=O. The third-order valence-corrected chi connectivity index (χ3v) is 6.34. The first-order valence-corrected chi connectivity index (χ1v) is 9.40. The van der Waals surface area contributed by atoms with E-state index in [4.69, 9.17) is 0 Å². The Kier molecular flexibility index (Phi) is 3.74. The molecule has 1 aromatic rings. The first-order valence-electron chi connectivity index (χ1n) is 9.40. The lowest BCUT2D eigenvalue weighted by Gasteiger charge is -2.31. The van der Waals surface area contributed by atoms with Gasteiger partial charge in [-0.15, -0.1) is 0 Å². The predicted octanol–water partition coefficient (Wildman–Crippen LogP) is 1.86. The molecule has 3 heterocycles. The van der Waals surface area contributed by atoms with Gasteiger partial charge in [-0.05, 0) is 25.3 Å². The van der Waals surface area contributed by atoms with Crippen molar-refractivity contribution in [3.8, 4) is 0 Å². The van der Waals surface area contributed by atoms with Crippen LogP contribution in [0, 0.1) is 17.8 Å². The van der Waals surface area contributed by atoms with Gasteiger partial charge in [-0.2, -0.15) is 0 Å². The Hall–Kier alpha value is -2.21. The van der Waals surface area contributed by atoms with Crippen molar-refractivity contribution in [1.29, 1.82) is 0 Å². The van der Waals surface area contributed by atoms with E-state index in [2.05, 4.69) is 10.6 Å². The zero-order chi connectivity index (χ0) is 18.8. The predicted molar refractivity (Wildman–Crippen MR) is 97.1 cm³/mol. The lowest BCUT2D eigenvalue weighted by Crippen LogP contribution is -2.54. The Morgan fingerprint density at radius 1 is 1.12 bits per heavy atom. The molecule has 1 spiro atoms. The fourth-order valence-electron chi connectivity index (χ4n) is 4.90. The van der Waals surface area contributed by atoms with Crippen LogP contribution in [-0.4, -0.2) is 34.7 Å². The van der Waals surface area contributed by atoms with Crippen LogP contribution in [-0.2, 0) is 19.9 Å². The molecule has 0 bridgehead atoms. The Bertz CT molecular complexity index is 805. The van der Waals surface area contributed by atoms with Crippen molar-refractivity contribution < 1.29 is 14.4 Å². The molecule has 0 saturated carbocycles. The molecule has 6 heteroatoms. The summed E-state index contributed by atoms with van der Waals surface area (Å²) in [5, 5.41) is 6.34. The van der Waals surface area contributed by atoms with Gasteiger partial charge in [0.15, 0.2) is 0 Å². The van der Waals surface area contributed by atoms with Crippen LogP contribution >= 0.6 is 0 Å². The lowest BCUT2D eigenvalue weighted by atomic mass is 9.76. The molecule has 1 aromatic carbocycles. The third kappa shape index (κ3) is 1.93. The second kappa shape index (κ2) is 5.64. The number of carbonyl (C=O) groups excluding carboxylic acids is 3. The molecule has 3 amide bonds. The molecule has 5 unspecified atom stereocenters. The number of fused-ring (bicyclic) bond motifs is 4. The Morgan fingerprint density at radius 3 is 2.46 bits per heavy atom. The van der Waals surface area contributed by atoms with E-state index in [-0.39, 0.29) is 35.7 Å². The summed E-state index contributed by atoms with van der Waals surface area (Å²) in [7, 11) is 0. The van der Waals surface area contributed by atoms with Crippen LogP contribution in [0.25, 0.3) is 0 Å². The normalized spacial score (nSPS) is 33.8. The quantitative estimate of drug-likeness (QED) is 0.812. The van der Waals surface area contributed by atoms with E-state index in [1.165, 1.54) is 4.90 Å². The summed E-state index contributed by atoms with van der Waals surface area (Å²) in [5.41, 5.74) is 0.330. The molecular weight excluding hydrogens is 330 g/mol. The first-order chi connectivity index (χ1) is 12.3. The number of carbonyl (C=O) groups is 3. The minimum Gasteiger partial charge on any atom is -0.324 e. The average molecular weight is 355 g/mol. The topological polar surface area (TPSA) is 78.5 Å². The van der Waals surface area contributed by atoms with E-state index in [1.807, 2.05) is 52.0 Å². The molecule has 3 aliphatic rings. The van der Waals surface area contributed by atoms with Crippen LogP contribution < -0.4 is 10.6 Å². The fourth-order valence-corrected chi connectivity index (χ4v) is 4.90. The number of para-hydroxylation sites is 1. The molecular formula is C20H25N3O3. The first kappa shape index (κ1) is 17.2. The van der Waals surface area contributed by atoms with Crippen LogP contribution in [0.3, 0.4) is 0 Å². The van der Waals surface area contributed by atoms with Crippen molar-refractivity contribution in [2.45, 2.75) is 51.7 Å². The summed E-state index contributed by atoms with van der Waals surface area (Å²) in [6.45, 7) is 7.90. The summed E-state index contributed by atoms with van der Waals surface area (Å²) < 4.78 is 0. The van der Waals surface area contributed by atoms with Crippen LogP contribution in [0.4, 0.5) is 5.69 Å². The monoisotopic (exact) mass is 355 g/mol. The Morgan fingerprint density at radius 2 is 1.81 bits per heavy atom. The Labute approximate surface area is 153 Å².